The second kappa shape index (κ2) is 4.30. The van der Waals surface area contributed by atoms with E-state index in [0.717, 1.165) is 0 Å². The minimum absolute atomic E-state index is 0.305. The molecule has 0 heterocycles. The van der Waals surface area contributed by atoms with Gasteiger partial charge in [-0.2, -0.15) is 4.39 Å². The molecule has 0 saturated heterocycles. The van der Waals surface area contributed by atoms with Crippen LogP contribution in [0.4, 0.5) is 4.39 Å². The number of rotatable bonds is 4. The summed E-state index contributed by atoms with van der Waals surface area (Å²) in [5, 5.41) is 0. The maximum atomic E-state index is 12.9. The van der Waals surface area contributed by atoms with Crippen molar-refractivity contribution in [1.29, 1.82) is 0 Å². The van der Waals surface area contributed by atoms with Crippen LogP contribution < -0.4 is 0 Å². The van der Waals surface area contributed by atoms with E-state index < -0.39 is 14.1 Å². The smallest absolute Gasteiger partial charge is 0.320 e. The van der Waals surface area contributed by atoms with Crippen molar-refractivity contribution in [3.63, 3.8) is 0 Å². The summed E-state index contributed by atoms with van der Waals surface area (Å²) in [6, 6.07) is 0. The number of hydrogen-bond acceptors (Lipinski definition) is 2. The molecule has 0 aromatic heterocycles. The Morgan fingerprint density at radius 1 is 2.00 bits per heavy atom. The second-order valence-electron chi connectivity index (χ2n) is 1.73. The minimum atomic E-state index is -3.34. The summed E-state index contributed by atoms with van der Waals surface area (Å²) in [6.07, 6.45) is 5.58. The molecule has 0 radical (unpaired) electrons. The highest BCUT2D eigenvalue weighted by molar-refractivity contribution is 7.32. The summed E-state index contributed by atoms with van der Waals surface area (Å²) in [5.41, 5.74) is 0. The van der Waals surface area contributed by atoms with Crippen LogP contribution in [0.5, 0.6) is 0 Å². The van der Waals surface area contributed by atoms with Crippen LogP contribution in [0.1, 0.15) is 6.42 Å². The van der Waals surface area contributed by atoms with E-state index in [4.69, 9.17) is 11.3 Å². The standard InChI is InChI=1S/C6H8FO3P/c1-3-5-6(7,4-2)10-11(8)9/h2-3,11H,1,5H2,(H,8,9). The van der Waals surface area contributed by atoms with Crippen LogP contribution in [0.25, 0.3) is 0 Å². The highest BCUT2D eigenvalue weighted by Crippen LogP contribution is 2.29. The molecule has 3 nitrogen and oxygen atoms in total. The Morgan fingerprint density at radius 2 is 2.55 bits per heavy atom. The zero-order valence-corrected chi connectivity index (χ0v) is 6.71. The van der Waals surface area contributed by atoms with Crippen LogP contribution in [0.15, 0.2) is 12.7 Å². The molecule has 0 amide bonds. The third kappa shape index (κ3) is 3.94. The third-order valence-electron chi connectivity index (χ3n) is 0.872. The van der Waals surface area contributed by atoms with Gasteiger partial charge in [-0.15, -0.1) is 13.0 Å². The molecule has 0 aliphatic carbocycles. The van der Waals surface area contributed by atoms with E-state index in [1.54, 1.807) is 5.92 Å². The Morgan fingerprint density at radius 3 is 2.82 bits per heavy atom. The summed E-state index contributed by atoms with van der Waals surface area (Å²) >= 11 is 0. The molecule has 0 aromatic carbocycles. The van der Waals surface area contributed by atoms with E-state index >= 15 is 0 Å². The summed E-state index contributed by atoms with van der Waals surface area (Å²) < 4.78 is 26.9. The number of alkyl halides is 1. The maximum absolute atomic E-state index is 12.9. The van der Waals surface area contributed by atoms with Crippen LogP contribution in [0.2, 0.25) is 0 Å². The molecule has 11 heavy (non-hydrogen) atoms. The molecule has 1 N–H and O–H groups in total. The molecule has 0 fully saturated rings. The summed E-state index contributed by atoms with van der Waals surface area (Å²) in [7, 11) is -3.34. The monoisotopic (exact) mass is 178 g/mol. The van der Waals surface area contributed by atoms with Crippen molar-refractivity contribution in [1.82, 2.24) is 0 Å². The quantitative estimate of drug-likeness (QED) is 0.400. The van der Waals surface area contributed by atoms with E-state index in [1.807, 2.05) is 0 Å². The molecule has 0 bridgehead atoms. The first-order chi connectivity index (χ1) is 5.04. The lowest BCUT2D eigenvalue weighted by Gasteiger charge is -2.14. The van der Waals surface area contributed by atoms with Gasteiger partial charge in [-0.05, 0) is 5.92 Å². The average molecular weight is 178 g/mol. The van der Waals surface area contributed by atoms with Gasteiger partial charge in [-0.3, -0.25) is 9.09 Å². The van der Waals surface area contributed by atoms with Gasteiger partial charge in [-0.1, -0.05) is 6.08 Å². The summed E-state index contributed by atoms with van der Waals surface area (Å²) in [6.45, 7) is 3.21. The normalized spacial score (nSPS) is 17.9. The second-order valence-corrected chi connectivity index (χ2v) is 2.47. The lowest BCUT2D eigenvalue weighted by molar-refractivity contribution is -0.00353. The van der Waals surface area contributed by atoms with E-state index in [2.05, 4.69) is 11.1 Å². The van der Waals surface area contributed by atoms with E-state index in [9.17, 15) is 8.96 Å². The van der Waals surface area contributed by atoms with Gasteiger partial charge < -0.3 is 4.89 Å². The molecule has 2 atom stereocenters. The molecular weight excluding hydrogens is 170 g/mol. The van der Waals surface area contributed by atoms with Gasteiger partial charge in [0.1, 0.15) is 0 Å². The fourth-order valence-electron chi connectivity index (χ4n) is 0.454. The predicted molar refractivity (Wildman–Crippen MR) is 39.8 cm³/mol. The van der Waals surface area contributed by atoms with Crippen molar-refractivity contribution >= 4 is 8.25 Å². The van der Waals surface area contributed by atoms with Crippen LogP contribution in [-0.4, -0.2) is 10.7 Å². The maximum Gasteiger partial charge on any atom is 0.320 e. The van der Waals surface area contributed by atoms with E-state index in [0.29, 0.717) is 0 Å². The fourth-order valence-corrected chi connectivity index (χ4v) is 0.873. The Balaban J connectivity index is 4.24. The van der Waals surface area contributed by atoms with Crippen molar-refractivity contribution in [3.05, 3.63) is 12.7 Å². The molecule has 0 spiro atoms. The first kappa shape index (κ1) is 10.4. The molecule has 62 valence electrons. The van der Waals surface area contributed by atoms with Crippen molar-refractivity contribution in [3.8, 4) is 12.3 Å². The van der Waals surface area contributed by atoms with E-state index in [1.165, 1.54) is 6.08 Å². The van der Waals surface area contributed by atoms with Crippen molar-refractivity contribution in [2.24, 2.45) is 0 Å². The lowest BCUT2D eigenvalue weighted by atomic mass is 10.2. The Kier molecular flexibility index (Phi) is 4.06. The number of hydrogen-bond donors (Lipinski definition) is 1. The molecule has 5 heteroatoms. The first-order valence-electron chi connectivity index (χ1n) is 2.73. The predicted octanol–water partition coefficient (Wildman–Crippen LogP) is 1.26. The Bertz CT molecular complexity index is 210. The highest BCUT2D eigenvalue weighted by Gasteiger charge is 2.27. The molecule has 2 unspecified atom stereocenters. The lowest BCUT2D eigenvalue weighted by Crippen LogP contribution is -2.20. The molecule has 0 aliphatic rings. The van der Waals surface area contributed by atoms with Gasteiger partial charge in [0.15, 0.2) is 0 Å². The van der Waals surface area contributed by atoms with Crippen LogP contribution >= 0.6 is 8.25 Å². The van der Waals surface area contributed by atoms with Crippen molar-refractivity contribution in [2.75, 3.05) is 0 Å². The molecular formula is C6H8FO3P. The Labute approximate surface area is 64.8 Å². The van der Waals surface area contributed by atoms with E-state index in [-0.39, 0.29) is 6.42 Å². The molecule has 0 aromatic rings. The first-order valence-corrected chi connectivity index (χ1v) is 4.00. The zero-order valence-electron chi connectivity index (χ0n) is 5.71. The molecule has 0 aliphatic heterocycles. The highest BCUT2D eigenvalue weighted by atomic mass is 31.1. The van der Waals surface area contributed by atoms with Gasteiger partial charge in [-0.25, -0.2) is 0 Å². The third-order valence-corrected chi connectivity index (χ3v) is 1.37. The van der Waals surface area contributed by atoms with Gasteiger partial charge >= 0.3 is 8.25 Å². The van der Waals surface area contributed by atoms with Gasteiger partial charge in [0.25, 0.3) is 5.85 Å². The van der Waals surface area contributed by atoms with Crippen LogP contribution in [0, 0.1) is 12.3 Å². The number of terminal acetylenes is 1. The molecule has 0 saturated carbocycles. The molecule has 0 rings (SSSR count). The van der Waals surface area contributed by atoms with Crippen molar-refractivity contribution in [2.45, 2.75) is 12.3 Å². The summed E-state index contributed by atoms with van der Waals surface area (Å²) in [5.74, 6) is -0.877. The van der Waals surface area contributed by atoms with Crippen molar-refractivity contribution < 1.29 is 18.4 Å². The average Bonchev–Trinajstić information content (AvgIpc) is 1.87. The SMILES string of the molecule is C#CC(F)(CC=C)O[PH](=O)O. The van der Waals surface area contributed by atoms with Crippen LogP contribution in [0.3, 0.4) is 0 Å². The minimum Gasteiger partial charge on any atom is -0.326 e. The Hall–Kier alpha value is -0.620. The summed E-state index contributed by atoms with van der Waals surface area (Å²) in [4.78, 5) is 8.20. The van der Waals surface area contributed by atoms with Crippen LogP contribution in [-0.2, 0) is 9.09 Å². The van der Waals surface area contributed by atoms with Gasteiger partial charge in [0, 0.05) is 6.42 Å². The fraction of sp³-hybridized carbons (Fsp3) is 0.333. The largest absolute Gasteiger partial charge is 0.326 e. The zero-order chi connectivity index (χ0) is 8.91. The topological polar surface area (TPSA) is 46.5 Å². The van der Waals surface area contributed by atoms with Gasteiger partial charge in [0.05, 0.1) is 0 Å². The number of halogens is 1. The van der Waals surface area contributed by atoms with Gasteiger partial charge in [0.2, 0.25) is 0 Å².